The van der Waals surface area contributed by atoms with Crippen molar-refractivity contribution in [3.8, 4) is 22.3 Å². The van der Waals surface area contributed by atoms with Crippen molar-refractivity contribution in [2.24, 2.45) is 0 Å². The second kappa shape index (κ2) is 20.6. The molecule has 0 radical (unpaired) electrons. The van der Waals surface area contributed by atoms with E-state index in [1.54, 1.807) is 45.6 Å². The number of aromatic nitrogens is 2. The smallest absolute Gasteiger partial charge is 0.246 e. The summed E-state index contributed by atoms with van der Waals surface area (Å²) < 4.78 is 0. The molecule has 348 valence electrons. The summed E-state index contributed by atoms with van der Waals surface area (Å²) in [7, 11) is 8.17. The summed E-state index contributed by atoms with van der Waals surface area (Å²) in [5.74, 6) is -0.239. The zero-order chi connectivity index (χ0) is 47.5. The highest BCUT2D eigenvalue weighted by Gasteiger charge is 2.24. The van der Waals surface area contributed by atoms with E-state index in [9.17, 15) is 19.2 Å². The lowest BCUT2D eigenvalue weighted by atomic mass is 9.97. The molecular weight excluding hydrogens is 904 g/mol. The fraction of sp³-hybridized carbons (Fsp3) is 0.308. The van der Waals surface area contributed by atoms with Crippen molar-refractivity contribution in [1.82, 2.24) is 39.4 Å². The lowest BCUT2D eigenvalue weighted by Crippen LogP contribution is -2.49. The van der Waals surface area contributed by atoms with E-state index in [1.807, 2.05) is 89.1 Å². The van der Waals surface area contributed by atoms with Crippen LogP contribution in [0.5, 0.6) is 0 Å². The Kier molecular flexibility index (Phi) is 14.6. The molecule has 67 heavy (non-hydrogen) atoms. The van der Waals surface area contributed by atoms with Crippen molar-refractivity contribution in [2.75, 3.05) is 80.5 Å². The first-order chi connectivity index (χ1) is 32.1. The molecule has 2 aliphatic heterocycles. The maximum atomic E-state index is 13.5. The summed E-state index contributed by atoms with van der Waals surface area (Å²) in [5.41, 5.74) is 9.24. The van der Waals surface area contributed by atoms with Gasteiger partial charge in [0.1, 0.15) is 0 Å². The third-order valence-corrected chi connectivity index (χ3v) is 14.6. The van der Waals surface area contributed by atoms with Crippen LogP contribution in [-0.4, -0.2) is 144 Å². The van der Waals surface area contributed by atoms with Crippen LogP contribution < -0.4 is 0 Å². The summed E-state index contributed by atoms with van der Waals surface area (Å²) in [6.07, 6.45) is 10.9. The van der Waals surface area contributed by atoms with E-state index in [-0.39, 0.29) is 23.6 Å². The molecule has 4 aromatic carbocycles. The predicted molar refractivity (Wildman–Crippen MR) is 272 cm³/mol. The van der Waals surface area contributed by atoms with Crippen molar-refractivity contribution in [2.45, 2.75) is 36.7 Å². The minimum absolute atomic E-state index is 0.00967. The summed E-state index contributed by atoms with van der Waals surface area (Å²) in [6, 6.07) is 20.4. The van der Waals surface area contributed by atoms with E-state index in [4.69, 9.17) is 23.2 Å². The van der Waals surface area contributed by atoms with Gasteiger partial charge in [0.15, 0.2) is 0 Å². The Labute approximate surface area is 406 Å². The third-order valence-electron chi connectivity index (χ3n) is 12.5. The first-order valence-corrected chi connectivity index (χ1v) is 24.0. The Morgan fingerprint density at radius 2 is 0.940 bits per heavy atom. The van der Waals surface area contributed by atoms with E-state index >= 15 is 0 Å². The molecule has 2 N–H and O–H groups in total. The van der Waals surface area contributed by atoms with Crippen LogP contribution in [0.4, 0.5) is 0 Å². The Hall–Kier alpha value is -5.83. The maximum absolute atomic E-state index is 13.5. The summed E-state index contributed by atoms with van der Waals surface area (Å²) >= 11 is 16.6. The molecule has 2 aliphatic rings. The number of aromatic amines is 2. The van der Waals surface area contributed by atoms with Crippen molar-refractivity contribution >= 4 is 92.6 Å². The highest BCUT2D eigenvalue weighted by Crippen LogP contribution is 2.47. The molecule has 4 amide bonds. The number of piperazine rings is 2. The number of rotatable bonds is 12. The van der Waals surface area contributed by atoms with Crippen molar-refractivity contribution in [3.05, 3.63) is 118 Å². The third kappa shape index (κ3) is 10.7. The maximum Gasteiger partial charge on any atom is 0.246 e. The fourth-order valence-electron chi connectivity index (χ4n) is 8.91. The standard InChI is InChI=1S/C52H56Cl2N8O4S/c1-33(63)59-19-23-61(24-20-59)47(65)17-11-35-9-15-45(51(53)49(35)37-7-13-43-41(27-37)39(29-55-43)31-57(3)4)67-46-16-10-36(12-18-48(66)62-25-21-60(22-26-62)34(2)64)50(52(46)54)38-8-14-44-42(28-38)40(30-56-44)32-58(5)6/h7-18,27-30,55-56H,19-26,31-32H2,1-6H3. The van der Waals surface area contributed by atoms with Gasteiger partial charge in [0.25, 0.3) is 0 Å². The first kappa shape index (κ1) is 47.7. The van der Waals surface area contributed by atoms with E-state index < -0.39 is 0 Å². The van der Waals surface area contributed by atoms with E-state index in [0.29, 0.717) is 62.4 Å². The van der Waals surface area contributed by atoms with Crippen molar-refractivity contribution in [1.29, 1.82) is 0 Å². The largest absolute Gasteiger partial charge is 0.361 e. The fourth-order valence-corrected chi connectivity index (χ4v) is 10.6. The van der Waals surface area contributed by atoms with Crippen LogP contribution >= 0.6 is 35.0 Å². The topological polar surface area (TPSA) is 119 Å². The average Bonchev–Trinajstić information content (AvgIpc) is 3.90. The molecule has 0 bridgehead atoms. The highest BCUT2D eigenvalue weighted by atomic mass is 35.5. The molecule has 0 atom stereocenters. The number of H-pyrrole nitrogens is 2. The zero-order valence-corrected chi connectivity index (χ0v) is 41.1. The minimum Gasteiger partial charge on any atom is -0.361 e. The number of hydrogen-bond donors (Lipinski definition) is 2. The van der Waals surface area contributed by atoms with Crippen LogP contribution in [0.3, 0.4) is 0 Å². The SMILES string of the molecule is CC(=O)N1CCN(C(=O)C=Cc2ccc(Sc3ccc(C=CC(=O)N4CCN(C(C)=O)CC4)c(-c4ccc5[nH]cc(CN(C)C)c5c4)c3Cl)c(Cl)c2-c2ccc3[nH]cc(CN(C)C)c3c2)CC1. The van der Waals surface area contributed by atoms with Gasteiger partial charge in [-0.05, 0) is 110 Å². The van der Waals surface area contributed by atoms with Gasteiger partial charge in [0.2, 0.25) is 23.6 Å². The second-order valence-electron chi connectivity index (χ2n) is 17.7. The molecular formula is C52H56Cl2N8O4S. The van der Waals surface area contributed by atoms with Crippen LogP contribution in [0.2, 0.25) is 10.0 Å². The Morgan fingerprint density at radius 3 is 1.30 bits per heavy atom. The van der Waals surface area contributed by atoms with Gasteiger partial charge in [-0.25, -0.2) is 0 Å². The quantitative estimate of drug-likeness (QED) is 0.118. The number of amides is 4. The van der Waals surface area contributed by atoms with Gasteiger partial charge in [-0.15, -0.1) is 0 Å². The van der Waals surface area contributed by atoms with Crippen LogP contribution in [0.25, 0.3) is 56.2 Å². The number of halogens is 2. The summed E-state index contributed by atoms with van der Waals surface area (Å²) in [4.78, 5) is 70.6. The van der Waals surface area contributed by atoms with Gasteiger partial charge in [0, 0.05) is 147 Å². The average molecular weight is 960 g/mol. The minimum atomic E-state index is -0.129. The molecule has 2 fully saturated rings. The summed E-state index contributed by atoms with van der Waals surface area (Å²) in [6.45, 7) is 8.48. The van der Waals surface area contributed by atoms with Gasteiger partial charge in [-0.3, -0.25) is 19.2 Å². The number of fused-ring (bicyclic) bond motifs is 2. The van der Waals surface area contributed by atoms with Crippen LogP contribution in [0, 0.1) is 0 Å². The molecule has 0 spiro atoms. The highest BCUT2D eigenvalue weighted by molar-refractivity contribution is 7.99. The van der Waals surface area contributed by atoms with Gasteiger partial charge in [-0.1, -0.05) is 59.2 Å². The molecule has 8 rings (SSSR count). The normalized spacial score (nSPS) is 14.8. The number of carbonyl (C=O) groups is 4. The van der Waals surface area contributed by atoms with Crippen LogP contribution in [0.1, 0.15) is 36.1 Å². The number of hydrogen-bond acceptors (Lipinski definition) is 7. The van der Waals surface area contributed by atoms with Crippen LogP contribution in [-0.2, 0) is 32.3 Å². The molecule has 0 unspecified atom stereocenters. The Morgan fingerprint density at radius 1 is 0.567 bits per heavy atom. The molecule has 2 aromatic heterocycles. The molecule has 0 saturated carbocycles. The lowest BCUT2D eigenvalue weighted by Gasteiger charge is -2.33. The molecule has 12 nitrogen and oxygen atoms in total. The van der Waals surface area contributed by atoms with Gasteiger partial charge >= 0.3 is 0 Å². The first-order valence-electron chi connectivity index (χ1n) is 22.4. The molecule has 2 saturated heterocycles. The van der Waals surface area contributed by atoms with E-state index in [2.05, 4.69) is 44.0 Å². The Bertz CT molecular complexity index is 2730. The number of nitrogens with one attached hydrogen (secondary N) is 2. The predicted octanol–water partition coefficient (Wildman–Crippen LogP) is 8.97. The second-order valence-corrected chi connectivity index (χ2v) is 19.6. The summed E-state index contributed by atoms with van der Waals surface area (Å²) in [5, 5.41) is 3.18. The number of nitrogens with zero attached hydrogens (tertiary/aromatic N) is 6. The molecule has 6 aromatic rings. The lowest BCUT2D eigenvalue weighted by molar-refractivity contribution is -0.135. The monoisotopic (exact) mass is 958 g/mol. The molecule has 15 heteroatoms. The zero-order valence-electron chi connectivity index (χ0n) is 38.8. The number of benzene rings is 4. The van der Waals surface area contributed by atoms with E-state index in [1.165, 1.54) is 11.8 Å². The van der Waals surface area contributed by atoms with Crippen molar-refractivity contribution < 1.29 is 19.2 Å². The molecule has 4 heterocycles. The number of carbonyl (C=O) groups excluding carboxylic acids is 4. The van der Waals surface area contributed by atoms with Crippen molar-refractivity contribution in [3.63, 3.8) is 0 Å². The van der Waals surface area contributed by atoms with Gasteiger partial charge < -0.3 is 39.4 Å². The van der Waals surface area contributed by atoms with Gasteiger partial charge in [0.05, 0.1) is 10.0 Å². The Balaban J connectivity index is 1.18. The van der Waals surface area contributed by atoms with E-state index in [0.717, 1.165) is 89.2 Å². The van der Waals surface area contributed by atoms with Gasteiger partial charge in [-0.2, -0.15) is 0 Å². The molecule has 0 aliphatic carbocycles. The van der Waals surface area contributed by atoms with Crippen LogP contribution in [0.15, 0.2) is 95.0 Å².